The van der Waals surface area contributed by atoms with E-state index in [4.69, 9.17) is 4.42 Å². The summed E-state index contributed by atoms with van der Waals surface area (Å²) in [6.45, 7) is 6.21. The number of fused-ring (bicyclic) bond motifs is 1. The first-order valence-corrected chi connectivity index (χ1v) is 10.3. The molecule has 4 rings (SSSR count). The molecule has 0 fully saturated rings. The molecule has 0 amide bonds. The third-order valence-electron chi connectivity index (χ3n) is 4.06. The smallest absolute Gasteiger partial charge is 0.263 e. The van der Waals surface area contributed by atoms with Gasteiger partial charge in [-0.2, -0.15) is 0 Å². The highest BCUT2D eigenvalue weighted by Gasteiger charge is 2.13. The van der Waals surface area contributed by atoms with Gasteiger partial charge in [0, 0.05) is 17.9 Å². The number of hydrogen-bond donors (Lipinski definition) is 0. The molecule has 3 aromatic heterocycles. The Bertz CT molecular complexity index is 1160. The third kappa shape index (κ3) is 3.61. The highest BCUT2D eigenvalue weighted by Crippen LogP contribution is 2.26. The van der Waals surface area contributed by atoms with E-state index in [9.17, 15) is 4.79 Å². The Morgan fingerprint density at radius 3 is 2.85 bits per heavy atom. The second-order valence-electron chi connectivity index (χ2n) is 6.04. The fourth-order valence-electron chi connectivity index (χ4n) is 2.67. The molecule has 5 nitrogen and oxygen atoms in total. The van der Waals surface area contributed by atoms with Crippen LogP contribution < -0.4 is 5.56 Å². The summed E-state index contributed by atoms with van der Waals surface area (Å²) >= 11 is 2.94. The minimum atomic E-state index is -0.0378. The summed E-state index contributed by atoms with van der Waals surface area (Å²) in [6.07, 6.45) is 3.36. The van der Waals surface area contributed by atoms with Crippen molar-refractivity contribution in [2.75, 3.05) is 0 Å². The van der Waals surface area contributed by atoms with Crippen LogP contribution in [0.25, 0.3) is 21.7 Å². The molecule has 0 aliphatic rings. The molecule has 27 heavy (non-hydrogen) atoms. The SMILES string of the molecule is C=CCn1c(SCc2coc(-c3ccc(C)cc3)n2)nc2sccc2c1=O. The summed E-state index contributed by atoms with van der Waals surface area (Å²) in [4.78, 5) is 22.6. The van der Waals surface area contributed by atoms with Crippen molar-refractivity contribution < 1.29 is 4.42 Å². The maximum absolute atomic E-state index is 12.7. The number of allylic oxidation sites excluding steroid dienone is 1. The Morgan fingerprint density at radius 1 is 1.26 bits per heavy atom. The van der Waals surface area contributed by atoms with Crippen molar-refractivity contribution in [2.45, 2.75) is 24.4 Å². The molecule has 0 N–H and O–H groups in total. The number of oxazole rings is 1. The molecule has 4 aromatic rings. The number of thiophene rings is 1. The predicted molar refractivity (Wildman–Crippen MR) is 110 cm³/mol. The largest absolute Gasteiger partial charge is 0.444 e. The van der Waals surface area contributed by atoms with Crippen LogP contribution in [0.3, 0.4) is 0 Å². The van der Waals surface area contributed by atoms with Gasteiger partial charge < -0.3 is 4.42 Å². The molecule has 0 bridgehead atoms. The zero-order valence-corrected chi connectivity index (χ0v) is 16.3. The van der Waals surface area contributed by atoms with E-state index in [1.807, 2.05) is 42.6 Å². The van der Waals surface area contributed by atoms with E-state index in [1.54, 1.807) is 16.9 Å². The van der Waals surface area contributed by atoms with Crippen molar-refractivity contribution >= 4 is 33.3 Å². The Morgan fingerprint density at radius 2 is 2.07 bits per heavy atom. The van der Waals surface area contributed by atoms with Gasteiger partial charge in [0.25, 0.3) is 5.56 Å². The standard InChI is InChI=1S/C20H17N3O2S2/c1-3-9-23-19(24)16-8-10-26-18(16)22-20(23)27-12-15-11-25-17(21-15)14-6-4-13(2)5-7-14/h3-8,10-11H,1,9,12H2,2H3. The zero-order chi connectivity index (χ0) is 18.8. The lowest BCUT2D eigenvalue weighted by molar-refractivity contribution is 0.573. The van der Waals surface area contributed by atoms with Crippen LogP contribution in [0.1, 0.15) is 11.3 Å². The van der Waals surface area contributed by atoms with Crippen LogP contribution in [-0.4, -0.2) is 14.5 Å². The van der Waals surface area contributed by atoms with Crippen LogP contribution in [0.15, 0.2) is 69.0 Å². The number of nitrogens with zero attached hydrogens (tertiary/aromatic N) is 3. The summed E-state index contributed by atoms with van der Waals surface area (Å²) in [5.41, 5.74) is 2.90. The van der Waals surface area contributed by atoms with E-state index < -0.39 is 0 Å². The average Bonchev–Trinajstić information content (AvgIpc) is 3.33. The van der Waals surface area contributed by atoms with Crippen molar-refractivity contribution in [3.63, 3.8) is 0 Å². The Balaban J connectivity index is 1.58. The molecule has 0 spiro atoms. The van der Waals surface area contributed by atoms with Crippen molar-refractivity contribution in [1.29, 1.82) is 0 Å². The third-order valence-corrected chi connectivity index (χ3v) is 5.88. The number of benzene rings is 1. The maximum Gasteiger partial charge on any atom is 0.263 e. The van der Waals surface area contributed by atoms with Crippen molar-refractivity contribution in [3.05, 3.63) is 76.2 Å². The van der Waals surface area contributed by atoms with E-state index in [-0.39, 0.29) is 5.56 Å². The molecule has 0 aliphatic heterocycles. The second kappa shape index (κ2) is 7.54. The molecule has 1 aromatic carbocycles. The maximum atomic E-state index is 12.7. The Kier molecular flexibility index (Phi) is 4.96. The minimum absolute atomic E-state index is 0.0378. The molecule has 0 saturated heterocycles. The van der Waals surface area contributed by atoms with Crippen LogP contribution in [0, 0.1) is 6.92 Å². The van der Waals surface area contributed by atoms with Gasteiger partial charge in [-0.1, -0.05) is 35.5 Å². The van der Waals surface area contributed by atoms with Gasteiger partial charge in [0.2, 0.25) is 5.89 Å². The van der Waals surface area contributed by atoms with Gasteiger partial charge in [0.1, 0.15) is 11.1 Å². The molecule has 136 valence electrons. The van der Waals surface area contributed by atoms with E-state index in [0.717, 1.165) is 16.1 Å². The van der Waals surface area contributed by atoms with Gasteiger partial charge in [-0.3, -0.25) is 9.36 Å². The van der Waals surface area contributed by atoms with Crippen molar-refractivity contribution in [2.24, 2.45) is 0 Å². The van der Waals surface area contributed by atoms with Crippen LogP contribution in [0.4, 0.5) is 0 Å². The summed E-state index contributed by atoms with van der Waals surface area (Å²) in [6, 6.07) is 9.86. The van der Waals surface area contributed by atoms with E-state index >= 15 is 0 Å². The van der Waals surface area contributed by atoms with Crippen molar-refractivity contribution in [3.8, 4) is 11.5 Å². The highest BCUT2D eigenvalue weighted by atomic mass is 32.2. The van der Waals surface area contributed by atoms with Crippen LogP contribution in [0.2, 0.25) is 0 Å². The lowest BCUT2D eigenvalue weighted by atomic mass is 10.1. The van der Waals surface area contributed by atoms with E-state index in [2.05, 4.69) is 16.5 Å². The first kappa shape index (κ1) is 17.8. The van der Waals surface area contributed by atoms with E-state index in [0.29, 0.717) is 28.7 Å². The zero-order valence-electron chi connectivity index (χ0n) is 14.7. The Labute approximate surface area is 164 Å². The quantitative estimate of drug-likeness (QED) is 0.264. The first-order chi connectivity index (χ1) is 13.2. The van der Waals surface area contributed by atoms with E-state index in [1.165, 1.54) is 28.7 Å². The lowest BCUT2D eigenvalue weighted by Gasteiger charge is -2.09. The van der Waals surface area contributed by atoms with Gasteiger partial charge in [-0.15, -0.1) is 17.9 Å². The molecule has 3 heterocycles. The first-order valence-electron chi connectivity index (χ1n) is 8.39. The molecular formula is C20H17N3O2S2. The summed E-state index contributed by atoms with van der Waals surface area (Å²) < 4.78 is 7.26. The van der Waals surface area contributed by atoms with Crippen LogP contribution in [-0.2, 0) is 12.3 Å². The van der Waals surface area contributed by atoms with Crippen molar-refractivity contribution in [1.82, 2.24) is 14.5 Å². The minimum Gasteiger partial charge on any atom is -0.444 e. The molecule has 0 aliphatic carbocycles. The fourth-order valence-corrected chi connectivity index (χ4v) is 4.36. The number of hydrogen-bond acceptors (Lipinski definition) is 6. The average molecular weight is 396 g/mol. The van der Waals surface area contributed by atoms with Crippen LogP contribution >= 0.6 is 23.1 Å². The number of aryl methyl sites for hydroxylation is 1. The topological polar surface area (TPSA) is 60.9 Å². The molecule has 7 heteroatoms. The van der Waals surface area contributed by atoms with Crippen LogP contribution in [0.5, 0.6) is 0 Å². The number of rotatable bonds is 6. The summed E-state index contributed by atoms with van der Waals surface area (Å²) in [5.74, 6) is 1.16. The second-order valence-corrected chi connectivity index (χ2v) is 7.87. The normalized spacial score (nSPS) is 11.1. The summed E-state index contributed by atoms with van der Waals surface area (Å²) in [5, 5.41) is 3.20. The van der Waals surface area contributed by atoms with Gasteiger partial charge in [-0.25, -0.2) is 9.97 Å². The monoisotopic (exact) mass is 395 g/mol. The molecule has 0 saturated carbocycles. The Hall–Kier alpha value is -2.64. The highest BCUT2D eigenvalue weighted by molar-refractivity contribution is 7.98. The van der Waals surface area contributed by atoms with Gasteiger partial charge >= 0.3 is 0 Å². The molecule has 0 radical (unpaired) electrons. The molecular weight excluding hydrogens is 378 g/mol. The predicted octanol–water partition coefficient (Wildman–Crippen LogP) is 4.90. The molecule has 0 unspecified atom stereocenters. The van der Waals surface area contributed by atoms with Gasteiger partial charge in [0.15, 0.2) is 5.16 Å². The number of aromatic nitrogens is 3. The van der Waals surface area contributed by atoms with Gasteiger partial charge in [0.05, 0.1) is 11.1 Å². The lowest BCUT2D eigenvalue weighted by Crippen LogP contribution is -2.22. The van der Waals surface area contributed by atoms with Gasteiger partial charge in [-0.05, 0) is 30.5 Å². The fraction of sp³-hybridized carbons (Fsp3) is 0.150. The number of thioether (sulfide) groups is 1. The molecule has 0 atom stereocenters. The summed E-state index contributed by atoms with van der Waals surface area (Å²) in [7, 11) is 0.